The third kappa shape index (κ3) is 4.28. The van der Waals surface area contributed by atoms with Gasteiger partial charge in [0.05, 0.1) is 25.0 Å². The number of aromatic nitrogens is 1. The number of amides is 1. The van der Waals surface area contributed by atoms with Crippen molar-refractivity contribution in [3.05, 3.63) is 81.6 Å². The number of esters is 1. The van der Waals surface area contributed by atoms with Crippen LogP contribution in [0.15, 0.2) is 54.1 Å². The van der Waals surface area contributed by atoms with Crippen LogP contribution in [0.4, 0.5) is 9.52 Å². The lowest BCUT2D eigenvalue weighted by atomic mass is 9.95. The van der Waals surface area contributed by atoms with Crippen LogP contribution in [0, 0.1) is 12.7 Å². The zero-order valence-corrected chi connectivity index (χ0v) is 19.9. The Labute approximate surface area is 204 Å². The Hall–Kier alpha value is -4.05. The van der Waals surface area contributed by atoms with Gasteiger partial charge in [0, 0.05) is 11.1 Å². The van der Waals surface area contributed by atoms with Gasteiger partial charge in [0.1, 0.15) is 28.2 Å². The van der Waals surface area contributed by atoms with Crippen molar-refractivity contribution in [2.24, 2.45) is 0 Å². The SMILES string of the molecule is CCOc1ccc(/C(O)=C2\C(=O)C(=O)N(c3nc(C)c(C(=O)OC)s3)C2c2ccccc2F)cc1. The quantitative estimate of drug-likeness (QED) is 0.233. The van der Waals surface area contributed by atoms with Crippen molar-refractivity contribution in [3.63, 3.8) is 0 Å². The highest BCUT2D eigenvalue weighted by Gasteiger charge is 2.49. The van der Waals surface area contributed by atoms with E-state index in [1.54, 1.807) is 25.1 Å². The zero-order valence-electron chi connectivity index (χ0n) is 19.1. The molecule has 180 valence electrons. The van der Waals surface area contributed by atoms with Crippen molar-refractivity contribution in [1.82, 2.24) is 4.98 Å². The first-order chi connectivity index (χ1) is 16.8. The largest absolute Gasteiger partial charge is 0.507 e. The number of hydrogen-bond donors (Lipinski definition) is 1. The maximum absolute atomic E-state index is 15.0. The topological polar surface area (TPSA) is 106 Å². The summed E-state index contributed by atoms with van der Waals surface area (Å²) in [5.41, 5.74) is 0.235. The minimum absolute atomic E-state index is 0.00370. The number of carbonyl (C=O) groups is 3. The zero-order chi connectivity index (χ0) is 25.3. The van der Waals surface area contributed by atoms with Crippen molar-refractivity contribution in [3.8, 4) is 5.75 Å². The molecule has 1 unspecified atom stereocenters. The number of thiazole rings is 1. The number of ketones is 1. The monoisotopic (exact) mass is 496 g/mol. The van der Waals surface area contributed by atoms with Crippen molar-refractivity contribution in [1.29, 1.82) is 0 Å². The molecule has 35 heavy (non-hydrogen) atoms. The van der Waals surface area contributed by atoms with Gasteiger partial charge in [0.2, 0.25) is 0 Å². The summed E-state index contributed by atoms with van der Waals surface area (Å²) < 4.78 is 25.1. The van der Waals surface area contributed by atoms with Gasteiger partial charge in [-0.3, -0.25) is 14.5 Å². The number of rotatable bonds is 6. The van der Waals surface area contributed by atoms with Gasteiger partial charge in [-0.15, -0.1) is 0 Å². The molecule has 0 radical (unpaired) electrons. The molecule has 1 aliphatic rings. The van der Waals surface area contributed by atoms with Gasteiger partial charge < -0.3 is 14.6 Å². The summed E-state index contributed by atoms with van der Waals surface area (Å²) >= 11 is 0.841. The molecule has 1 aromatic heterocycles. The summed E-state index contributed by atoms with van der Waals surface area (Å²) in [5.74, 6) is -3.25. The molecule has 0 spiro atoms. The second-order valence-electron chi connectivity index (χ2n) is 7.55. The Bertz CT molecular complexity index is 1350. The first-order valence-electron chi connectivity index (χ1n) is 10.6. The highest BCUT2D eigenvalue weighted by molar-refractivity contribution is 7.17. The summed E-state index contributed by atoms with van der Waals surface area (Å²) in [5, 5.41) is 11.1. The summed E-state index contributed by atoms with van der Waals surface area (Å²) in [7, 11) is 1.21. The fourth-order valence-corrected chi connectivity index (χ4v) is 4.83. The summed E-state index contributed by atoms with van der Waals surface area (Å²) in [6.07, 6.45) is 0. The number of ether oxygens (including phenoxy) is 2. The van der Waals surface area contributed by atoms with E-state index < -0.39 is 35.3 Å². The van der Waals surface area contributed by atoms with Crippen LogP contribution in [0.5, 0.6) is 5.75 Å². The molecule has 0 saturated carbocycles. The van der Waals surface area contributed by atoms with Crippen molar-refractivity contribution in [2.45, 2.75) is 19.9 Å². The number of benzene rings is 2. The molecule has 10 heteroatoms. The number of methoxy groups -OCH3 is 1. The van der Waals surface area contributed by atoms with Crippen LogP contribution in [0.1, 0.15) is 39.5 Å². The van der Waals surface area contributed by atoms with Gasteiger partial charge in [-0.25, -0.2) is 14.2 Å². The molecule has 2 aromatic carbocycles. The third-order valence-corrected chi connectivity index (χ3v) is 6.58. The molecular formula is C25H21FN2O6S. The Balaban J connectivity index is 1.91. The standard InChI is InChI=1S/C25H21FN2O6S/c1-4-34-15-11-9-14(10-12-15)20(29)18-19(16-7-5-6-8-17(16)26)28(23(31)21(18)30)25-27-13(2)22(35-25)24(32)33-3/h5-12,19,29H,4H2,1-3H3/b20-18+. The highest BCUT2D eigenvalue weighted by Crippen LogP contribution is 2.44. The van der Waals surface area contributed by atoms with Crippen LogP contribution in [0.2, 0.25) is 0 Å². The average Bonchev–Trinajstić information content (AvgIpc) is 3.36. The number of hydrogen-bond acceptors (Lipinski definition) is 8. The predicted octanol–water partition coefficient (Wildman–Crippen LogP) is 4.40. The summed E-state index contributed by atoms with van der Waals surface area (Å²) in [6, 6.07) is 10.6. The fourth-order valence-electron chi connectivity index (χ4n) is 3.82. The van der Waals surface area contributed by atoms with Crippen molar-refractivity contribution >= 4 is 39.9 Å². The van der Waals surface area contributed by atoms with Crippen molar-refractivity contribution < 1.29 is 33.4 Å². The van der Waals surface area contributed by atoms with Gasteiger partial charge >= 0.3 is 11.9 Å². The molecular weight excluding hydrogens is 475 g/mol. The second-order valence-corrected chi connectivity index (χ2v) is 8.53. The van der Waals surface area contributed by atoms with E-state index in [9.17, 15) is 23.9 Å². The molecule has 1 saturated heterocycles. The molecule has 3 aromatic rings. The van der Waals surface area contributed by atoms with E-state index >= 15 is 0 Å². The molecule has 1 amide bonds. The maximum atomic E-state index is 15.0. The van der Waals surface area contributed by atoms with E-state index in [2.05, 4.69) is 4.98 Å². The van der Waals surface area contributed by atoms with E-state index in [0.717, 1.165) is 16.2 Å². The Morgan fingerprint density at radius 3 is 2.49 bits per heavy atom. The molecule has 8 nitrogen and oxygen atoms in total. The number of aryl methyl sites for hydroxylation is 1. The molecule has 1 N–H and O–H groups in total. The van der Waals surface area contributed by atoms with E-state index in [4.69, 9.17) is 9.47 Å². The summed E-state index contributed by atoms with van der Waals surface area (Å²) in [6.45, 7) is 3.83. The van der Waals surface area contributed by atoms with Crippen LogP contribution in [-0.2, 0) is 14.3 Å². The average molecular weight is 497 g/mol. The first kappa shape index (κ1) is 24.1. The molecule has 1 atom stereocenters. The van der Waals surface area contributed by atoms with Crippen LogP contribution in [0.3, 0.4) is 0 Å². The molecule has 4 rings (SSSR count). The number of anilines is 1. The predicted molar refractivity (Wildman–Crippen MR) is 127 cm³/mol. The Kier molecular flexibility index (Phi) is 6.65. The van der Waals surface area contributed by atoms with Crippen LogP contribution in [-0.4, -0.2) is 41.5 Å². The number of nitrogens with zero attached hydrogens (tertiary/aromatic N) is 2. The van der Waals surface area contributed by atoms with Gasteiger partial charge in [0.25, 0.3) is 5.78 Å². The van der Waals surface area contributed by atoms with Gasteiger partial charge in [-0.2, -0.15) is 0 Å². The highest BCUT2D eigenvalue weighted by atomic mass is 32.1. The van der Waals surface area contributed by atoms with E-state index in [1.807, 2.05) is 6.92 Å². The second kappa shape index (κ2) is 9.67. The Morgan fingerprint density at radius 1 is 1.17 bits per heavy atom. The summed E-state index contributed by atoms with van der Waals surface area (Å²) in [4.78, 5) is 43.9. The maximum Gasteiger partial charge on any atom is 0.350 e. The molecule has 2 heterocycles. The lowest BCUT2D eigenvalue weighted by molar-refractivity contribution is -0.132. The molecule has 1 aliphatic heterocycles. The minimum atomic E-state index is -1.31. The molecule has 0 aliphatic carbocycles. The smallest absolute Gasteiger partial charge is 0.350 e. The van der Waals surface area contributed by atoms with Gasteiger partial charge in [-0.05, 0) is 44.2 Å². The van der Waals surface area contributed by atoms with Crippen LogP contribution < -0.4 is 9.64 Å². The first-order valence-corrected chi connectivity index (χ1v) is 11.4. The lowest BCUT2D eigenvalue weighted by Crippen LogP contribution is -2.29. The number of halogens is 1. The normalized spacial score (nSPS) is 17.0. The van der Waals surface area contributed by atoms with E-state index in [0.29, 0.717) is 12.4 Å². The molecule has 0 bridgehead atoms. The lowest BCUT2D eigenvalue weighted by Gasteiger charge is -2.23. The van der Waals surface area contributed by atoms with Crippen LogP contribution in [0.25, 0.3) is 5.76 Å². The van der Waals surface area contributed by atoms with Gasteiger partial charge in [0.15, 0.2) is 5.13 Å². The van der Waals surface area contributed by atoms with E-state index in [1.165, 1.54) is 37.4 Å². The van der Waals surface area contributed by atoms with Gasteiger partial charge in [-0.1, -0.05) is 29.5 Å². The fraction of sp³-hybridized carbons (Fsp3) is 0.200. The van der Waals surface area contributed by atoms with Crippen molar-refractivity contribution in [2.75, 3.05) is 18.6 Å². The molecule has 1 fully saturated rings. The van der Waals surface area contributed by atoms with E-state index in [-0.39, 0.29) is 32.4 Å². The number of Topliss-reactive ketones (excluding diaryl/α,β-unsaturated/α-hetero) is 1. The number of aliphatic hydroxyl groups is 1. The number of carbonyl (C=O) groups excluding carboxylic acids is 3. The minimum Gasteiger partial charge on any atom is -0.507 e. The van der Waals surface area contributed by atoms with Crippen LogP contribution >= 0.6 is 11.3 Å². The third-order valence-electron chi connectivity index (χ3n) is 5.45. The number of aliphatic hydroxyl groups excluding tert-OH is 1. The Morgan fingerprint density at radius 2 is 1.86 bits per heavy atom.